The predicted molar refractivity (Wildman–Crippen MR) is 102 cm³/mol. The number of anilines is 1. The number of sulfonamides is 1. The molecule has 0 saturated carbocycles. The topological polar surface area (TPSA) is 83.5 Å². The zero-order valence-electron chi connectivity index (χ0n) is 14.2. The molecule has 0 spiro atoms. The van der Waals surface area contributed by atoms with Crippen molar-refractivity contribution >= 4 is 46.9 Å². The number of halogens is 5. The molecule has 2 atom stereocenters. The van der Waals surface area contributed by atoms with E-state index in [9.17, 15) is 31.0 Å². The molecule has 28 heavy (non-hydrogen) atoms. The second-order valence-electron chi connectivity index (χ2n) is 5.70. The highest BCUT2D eigenvalue weighted by molar-refractivity contribution is 7.92. The second-order valence-corrected chi connectivity index (χ2v) is 9.46. The summed E-state index contributed by atoms with van der Waals surface area (Å²) in [6.07, 6.45) is -4.62. The number of nitrogens with one attached hydrogen (secondary N) is 1. The average molecular weight is 475 g/mol. The van der Waals surface area contributed by atoms with Crippen LogP contribution in [0.25, 0.3) is 0 Å². The first kappa shape index (κ1) is 22.9. The molecule has 0 radical (unpaired) electrons. The van der Waals surface area contributed by atoms with E-state index in [1.54, 1.807) is 6.92 Å². The normalized spacial score (nSPS) is 13.9. The molecule has 2 aromatic carbocycles. The van der Waals surface area contributed by atoms with Crippen LogP contribution in [0.2, 0.25) is 10.0 Å². The highest BCUT2D eigenvalue weighted by atomic mass is 35.5. The summed E-state index contributed by atoms with van der Waals surface area (Å²) in [5, 5.41) is -0.505. The molecule has 0 fully saturated rings. The SMILES string of the molecule is CCC(c1ccc(Cl)cc1NS(=O)(=O)c1ccc(Cl)c(C(F)(F)F)c1)[P+](=O)O. The molecule has 12 heteroatoms. The molecule has 2 rings (SSSR count). The Labute approximate surface area is 170 Å². The lowest BCUT2D eigenvalue weighted by molar-refractivity contribution is -0.137. The van der Waals surface area contributed by atoms with Gasteiger partial charge in [0.15, 0.2) is 0 Å². The molecule has 0 aliphatic rings. The van der Waals surface area contributed by atoms with Crippen LogP contribution in [0.5, 0.6) is 0 Å². The fourth-order valence-corrected chi connectivity index (χ4v) is 4.77. The molecule has 5 nitrogen and oxygen atoms in total. The summed E-state index contributed by atoms with van der Waals surface area (Å²) in [5.74, 6) is 0. The molecule has 0 aromatic heterocycles. The lowest BCUT2D eigenvalue weighted by Gasteiger charge is -2.15. The summed E-state index contributed by atoms with van der Waals surface area (Å²) in [4.78, 5) is 8.82. The van der Waals surface area contributed by atoms with E-state index in [1.807, 2.05) is 0 Å². The van der Waals surface area contributed by atoms with E-state index >= 15 is 0 Å². The average Bonchev–Trinajstić information content (AvgIpc) is 2.56. The Kier molecular flexibility index (Phi) is 6.99. The van der Waals surface area contributed by atoms with Crippen molar-refractivity contribution in [3.05, 3.63) is 57.6 Å². The number of alkyl halides is 3. The highest BCUT2D eigenvalue weighted by Crippen LogP contribution is 2.44. The van der Waals surface area contributed by atoms with Crippen molar-refractivity contribution in [3.8, 4) is 0 Å². The Morgan fingerprint density at radius 2 is 1.82 bits per heavy atom. The maximum Gasteiger partial charge on any atom is 0.513 e. The van der Waals surface area contributed by atoms with Gasteiger partial charge in [0.2, 0.25) is 5.66 Å². The Balaban J connectivity index is 2.54. The van der Waals surface area contributed by atoms with Gasteiger partial charge in [0, 0.05) is 10.6 Å². The maximum atomic E-state index is 13.0. The van der Waals surface area contributed by atoms with E-state index < -0.39 is 45.4 Å². The second kappa shape index (κ2) is 8.55. The zero-order valence-corrected chi connectivity index (χ0v) is 17.4. The molecule has 2 aromatic rings. The van der Waals surface area contributed by atoms with Gasteiger partial charge < -0.3 is 0 Å². The van der Waals surface area contributed by atoms with E-state index in [0.717, 1.165) is 12.1 Å². The van der Waals surface area contributed by atoms with E-state index in [0.29, 0.717) is 6.07 Å². The van der Waals surface area contributed by atoms with Crippen LogP contribution in [0, 0.1) is 0 Å². The molecular formula is C16H14Cl2F3NO4PS+. The minimum Gasteiger partial charge on any atom is -0.279 e. The number of hydrogen-bond donors (Lipinski definition) is 2. The van der Waals surface area contributed by atoms with E-state index in [2.05, 4.69) is 4.72 Å². The first-order valence-corrected chi connectivity index (χ1v) is 11.2. The lowest BCUT2D eigenvalue weighted by atomic mass is 10.1. The molecule has 0 bridgehead atoms. The third-order valence-corrected chi connectivity index (χ3v) is 6.93. The molecule has 2 unspecified atom stereocenters. The van der Waals surface area contributed by atoms with Gasteiger partial charge in [0.05, 0.1) is 21.2 Å². The first-order valence-electron chi connectivity index (χ1n) is 7.71. The van der Waals surface area contributed by atoms with Gasteiger partial charge in [0.1, 0.15) is 0 Å². The van der Waals surface area contributed by atoms with Gasteiger partial charge >= 0.3 is 14.2 Å². The zero-order chi connectivity index (χ0) is 21.3. The predicted octanol–water partition coefficient (Wildman–Crippen LogP) is 6.00. The fourth-order valence-electron chi connectivity index (χ4n) is 2.50. The number of rotatable bonds is 6. The Bertz CT molecular complexity index is 1020. The van der Waals surface area contributed by atoms with Crippen LogP contribution < -0.4 is 4.72 Å². The Morgan fingerprint density at radius 1 is 1.18 bits per heavy atom. The van der Waals surface area contributed by atoms with Crippen LogP contribution in [0.1, 0.15) is 30.1 Å². The van der Waals surface area contributed by atoms with E-state index in [1.165, 1.54) is 18.2 Å². The number of hydrogen-bond acceptors (Lipinski definition) is 3. The van der Waals surface area contributed by atoms with Crippen LogP contribution in [-0.4, -0.2) is 13.3 Å². The van der Waals surface area contributed by atoms with Crippen molar-refractivity contribution in [2.75, 3.05) is 4.72 Å². The van der Waals surface area contributed by atoms with Gasteiger partial charge in [0.25, 0.3) is 10.0 Å². The van der Waals surface area contributed by atoms with Gasteiger partial charge in [-0.1, -0.05) is 36.2 Å². The molecule has 0 aliphatic carbocycles. The van der Waals surface area contributed by atoms with Gasteiger partial charge in [-0.3, -0.25) is 4.72 Å². The quantitative estimate of drug-likeness (QED) is 0.503. The monoisotopic (exact) mass is 474 g/mol. The third-order valence-electron chi connectivity index (χ3n) is 3.83. The standard InChI is InChI=1S/C16H13Cl2F3NO4PS/c1-2-15(27(23)24)11-5-3-9(17)7-14(11)22-28(25,26)10-4-6-13(18)12(8-10)16(19,20)21/h3-8,15,22H,2H2,1H3/p+1. The van der Waals surface area contributed by atoms with Crippen molar-refractivity contribution in [1.29, 1.82) is 0 Å². The Hall–Kier alpha value is -1.38. The van der Waals surface area contributed by atoms with Gasteiger partial charge in [-0.15, -0.1) is 0 Å². The molecule has 0 heterocycles. The van der Waals surface area contributed by atoms with E-state index in [-0.39, 0.29) is 22.7 Å². The summed E-state index contributed by atoms with van der Waals surface area (Å²) >= 11 is 11.4. The van der Waals surface area contributed by atoms with Crippen molar-refractivity contribution in [3.63, 3.8) is 0 Å². The van der Waals surface area contributed by atoms with Gasteiger partial charge in [-0.05, 0) is 41.3 Å². The van der Waals surface area contributed by atoms with Crippen molar-refractivity contribution in [1.82, 2.24) is 0 Å². The van der Waals surface area contributed by atoms with E-state index in [4.69, 9.17) is 23.2 Å². The minimum atomic E-state index is -4.84. The number of benzene rings is 2. The summed E-state index contributed by atoms with van der Waals surface area (Å²) in [6.45, 7) is 1.63. The van der Waals surface area contributed by atoms with Crippen LogP contribution in [0.3, 0.4) is 0 Å². The maximum absolute atomic E-state index is 13.0. The smallest absolute Gasteiger partial charge is 0.279 e. The summed E-state index contributed by atoms with van der Waals surface area (Å²) in [5.41, 5.74) is -2.08. The van der Waals surface area contributed by atoms with Gasteiger partial charge in [-0.25, -0.2) is 8.42 Å². The largest absolute Gasteiger partial charge is 0.513 e. The van der Waals surface area contributed by atoms with Crippen LogP contribution in [0.15, 0.2) is 41.3 Å². The summed E-state index contributed by atoms with van der Waals surface area (Å²) in [7, 11) is -7.14. The molecule has 0 amide bonds. The van der Waals surface area contributed by atoms with Crippen LogP contribution in [-0.2, 0) is 20.8 Å². The molecule has 2 N–H and O–H groups in total. The van der Waals surface area contributed by atoms with Crippen LogP contribution in [0.4, 0.5) is 18.9 Å². The summed E-state index contributed by atoms with van der Waals surface area (Å²) in [6, 6.07) is 6.20. The van der Waals surface area contributed by atoms with Crippen molar-refractivity contribution < 1.29 is 31.0 Å². The lowest BCUT2D eigenvalue weighted by Crippen LogP contribution is -2.16. The molecular weight excluding hydrogens is 461 g/mol. The summed E-state index contributed by atoms with van der Waals surface area (Å²) < 4.78 is 78.1. The minimum absolute atomic E-state index is 0.0970. The fraction of sp³-hybridized carbons (Fsp3) is 0.250. The van der Waals surface area contributed by atoms with Crippen LogP contribution >= 0.6 is 31.2 Å². The van der Waals surface area contributed by atoms with Gasteiger partial charge in [-0.2, -0.15) is 18.1 Å². The molecule has 0 aliphatic heterocycles. The van der Waals surface area contributed by atoms with Crippen molar-refractivity contribution in [2.45, 2.75) is 30.1 Å². The highest BCUT2D eigenvalue weighted by Gasteiger charge is 2.35. The first-order chi connectivity index (χ1) is 12.9. The molecule has 152 valence electrons. The third kappa shape index (κ3) is 5.15. The Morgan fingerprint density at radius 3 is 2.36 bits per heavy atom. The van der Waals surface area contributed by atoms with Crippen molar-refractivity contribution in [2.24, 2.45) is 0 Å². The molecule has 0 saturated heterocycles.